The lowest BCUT2D eigenvalue weighted by Crippen LogP contribution is -2.38. The number of ether oxygens (including phenoxy) is 3. The van der Waals surface area contributed by atoms with Crippen LogP contribution in [0.2, 0.25) is 0 Å². The fraction of sp³-hybridized carbons (Fsp3) is 0.375. The van der Waals surface area contributed by atoms with Crippen LogP contribution in [0.5, 0.6) is 17.2 Å². The number of nitrogens with zero attached hydrogens (tertiary/aromatic N) is 1. The van der Waals surface area contributed by atoms with Gasteiger partial charge < -0.3 is 19.1 Å². The molecule has 0 saturated heterocycles. The molecule has 1 saturated carbocycles. The Morgan fingerprint density at radius 1 is 1.03 bits per heavy atom. The van der Waals surface area contributed by atoms with Crippen LogP contribution in [-0.4, -0.2) is 38.2 Å². The first kappa shape index (κ1) is 20.8. The lowest BCUT2D eigenvalue weighted by molar-refractivity contribution is -0.129. The Labute approximate surface area is 172 Å². The number of benzene rings is 2. The van der Waals surface area contributed by atoms with Crippen molar-refractivity contribution >= 4 is 12.0 Å². The van der Waals surface area contributed by atoms with E-state index < -0.39 is 0 Å². The maximum atomic E-state index is 13.1. The highest BCUT2D eigenvalue weighted by Gasteiger charge is 2.33. The molecule has 0 N–H and O–H groups in total. The second-order valence-electron chi connectivity index (χ2n) is 7.31. The van der Waals surface area contributed by atoms with E-state index in [1.807, 2.05) is 29.2 Å². The second kappa shape index (κ2) is 9.50. The average Bonchev–Trinajstić information content (AvgIpc) is 3.60. The van der Waals surface area contributed by atoms with Gasteiger partial charge in [-0.05, 0) is 43.4 Å². The molecule has 2 aromatic rings. The Bertz CT molecular complexity index is 859. The van der Waals surface area contributed by atoms with Crippen molar-refractivity contribution in [2.75, 3.05) is 21.3 Å². The van der Waals surface area contributed by atoms with E-state index in [2.05, 4.69) is 19.1 Å². The van der Waals surface area contributed by atoms with Crippen molar-refractivity contribution < 1.29 is 19.0 Å². The average molecular weight is 395 g/mol. The van der Waals surface area contributed by atoms with Gasteiger partial charge in [-0.1, -0.05) is 30.3 Å². The summed E-state index contributed by atoms with van der Waals surface area (Å²) in [4.78, 5) is 15.1. The van der Waals surface area contributed by atoms with E-state index >= 15 is 0 Å². The van der Waals surface area contributed by atoms with E-state index in [-0.39, 0.29) is 11.9 Å². The molecule has 1 aliphatic carbocycles. The highest BCUT2D eigenvalue weighted by molar-refractivity contribution is 5.92. The zero-order valence-electron chi connectivity index (χ0n) is 17.6. The van der Waals surface area contributed by atoms with Crippen LogP contribution in [0.25, 0.3) is 6.08 Å². The Morgan fingerprint density at radius 2 is 1.66 bits per heavy atom. The molecular weight excluding hydrogens is 366 g/mol. The summed E-state index contributed by atoms with van der Waals surface area (Å²) >= 11 is 0. The number of methoxy groups -OCH3 is 3. The van der Waals surface area contributed by atoms with Crippen LogP contribution in [0.4, 0.5) is 0 Å². The normalized spacial score (nSPS) is 14.5. The van der Waals surface area contributed by atoms with Crippen molar-refractivity contribution in [1.29, 1.82) is 0 Å². The van der Waals surface area contributed by atoms with Crippen molar-refractivity contribution in [2.24, 2.45) is 5.92 Å². The summed E-state index contributed by atoms with van der Waals surface area (Å²) < 4.78 is 16.2. The third kappa shape index (κ3) is 5.11. The monoisotopic (exact) mass is 395 g/mol. The van der Waals surface area contributed by atoms with Gasteiger partial charge in [0.05, 0.1) is 21.3 Å². The number of rotatable bonds is 9. The van der Waals surface area contributed by atoms with Crippen LogP contribution in [0.1, 0.15) is 30.9 Å². The van der Waals surface area contributed by atoms with Gasteiger partial charge in [-0.3, -0.25) is 4.79 Å². The SMILES string of the molecule is COc1cc(OC)c(OC)cc1/C=C/C(=O)N(Cc1ccccc1)C(C)C1CC1. The molecule has 0 heterocycles. The van der Waals surface area contributed by atoms with Gasteiger partial charge in [-0.15, -0.1) is 0 Å². The van der Waals surface area contributed by atoms with E-state index in [0.717, 1.165) is 11.1 Å². The highest BCUT2D eigenvalue weighted by atomic mass is 16.5. The minimum atomic E-state index is -0.00917. The predicted molar refractivity (Wildman–Crippen MR) is 114 cm³/mol. The second-order valence-corrected chi connectivity index (χ2v) is 7.31. The molecule has 5 nitrogen and oxygen atoms in total. The topological polar surface area (TPSA) is 48.0 Å². The number of hydrogen-bond acceptors (Lipinski definition) is 4. The number of hydrogen-bond donors (Lipinski definition) is 0. The fourth-order valence-electron chi connectivity index (χ4n) is 3.48. The van der Waals surface area contributed by atoms with Gasteiger partial charge >= 0.3 is 0 Å². The van der Waals surface area contributed by atoms with Gasteiger partial charge in [0.2, 0.25) is 5.91 Å². The van der Waals surface area contributed by atoms with E-state index in [1.54, 1.807) is 39.5 Å². The van der Waals surface area contributed by atoms with Gasteiger partial charge in [0.15, 0.2) is 11.5 Å². The van der Waals surface area contributed by atoms with E-state index in [4.69, 9.17) is 14.2 Å². The molecule has 0 spiro atoms. The molecule has 154 valence electrons. The lowest BCUT2D eigenvalue weighted by atomic mass is 10.1. The standard InChI is InChI=1S/C24H29NO4/c1-17(19-10-11-19)25(16-18-8-6-5-7-9-18)24(26)13-12-20-14-22(28-3)23(29-4)15-21(20)27-2/h5-9,12-15,17,19H,10-11,16H2,1-4H3/b13-12+. The lowest BCUT2D eigenvalue weighted by Gasteiger charge is -2.28. The molecule has 1 amide bonds. The van der Waals surface area contributed by atoms with Crippen molar-refractivity contribution in [3.63, 3.8) is 0 Å². The Hall–Kier alpha value is -2.95. The molecule has 3 rings (SSSR count). The van der Waals surface area contributed by atoms with E-state index in [0.29, 0.717) is 29.7 Å². The summed E-state index contributed by atoms with van der Waals surface area (Å²) in [5.41, 5.74) is 1.89. The first-order valence-corrected chi connectivity index (χ1v) is 9.90. The van der Waals surface area contributed by atoms with Crippen LogP contribution >= 0.6 is 0 Å². The predicted octanol–water partition coefficient (Wildman–Crippen LogP) is 4.55. The molecule has 29 heavy (non-hydrogen) atoms. The van der Waals surface area contributed by atoms with E-state index in [1.165, 1.54) is 12.8 Å². The summed E-state index contributed by atoms with van der Waals surface area (Å²) in [7, 11) is 4.76. The van der Waals surface area contributed by atoms with Crippen LogP contribution in [0.15, 0.2) is 48.5 Å². The summed E-state index contributed by atoms with van der Waals surface area (Å²) in [6.45, 7) is 2.74. The van der Waals surface area contributed by atoms with Crippen molar-refractivity contribution in [3.8, 4) is 17.2 Å². The number of carbonyl (C=O) groups is 1. The van der Waals surface area contributed by atoms with Gasteiger partial charge in [0.1, 0.15) is 5.75 Å². The third-order valence-corrected chi connectivity index (χ3v) is 5.42. The Kier molecular flexibility index (Phi) is 6.81. The molecule has 0 aromatic heterocycles. The third-order valence-electron chi connectivity index (χ3n) is 5.42. The summed E-state index contributed by atoms with van der Waals surface area (Å²) in [6, 6.07) is 13.9. The van der Waals surface area contributed by atoms with Crippen molar-refractivity contribution in [2.45, 2.75) is 32.4 Å². The maximum Gasteiger partial charge on any atom is 0.247 e. The van der Waals surface area contributed by atoms with Gasteiger partial charge in [-0.2, -0.15) is 0 Å². The van der Waals surface area contributed by atoms with Crippen LogP contribution in [-0.2, 0) is 11.3 Å². The molecule has 0 aliphatic heterocycles. The molecule has 1 fully saturated rings. The smallest absolute Gasteiger partial charge is 0.247 e. The number of carbonyl (C=O) groups excluding carboxylic acids is 1. The first-order chi connectivity index (χ1) is 14.1. The zero-order valence-corrected chi connectivity index (χ0v) is 17.6. The van der Waals surface area contributed by atoms with E-state index in [9.17, 15) is 4.79 Å². The van der Waals surface area contributed by atoms with Crippen molar-refractivity contribution in [1.82, 2.24) is 4.90 Å². The molecule has 1 aliphatic rings. The van der Waals surface area contributed by atoms with Gasteiger partial charge in [0, 0.05) is 30.3 Å². The largest absolute Gasteiger partial charge is 0.496 e. The zero-order chi connectivity index (χ0) is 20.8. The Morgan fingerprint density at radius 3 is 2.24 bits per heavy atom. The van der Waals surface area contributed by atoms with Crippen LogP contribution in [0.3, 0.4) is 0 Å². The summed E-state index contributed by atoms with van der Waals surface area (Å²) in [6.07, 6.45) is 5.77. The molecular formula is C24H29NO4. The summed E-state index contributed by atoms with van der Waals surface area (Å²) in [5.74, 6) is 2.38. The molecule has 1 unspecified atom stereocenters. The molecule has 2 aromatic carbocycles. The highest BCUT2D eigenvalue weighted by Crippen LogP contribution is 2.37. The molecule has 0 bridgehead atoms. The number of amides is 1. The van der Waals surface area contributed by atoms with Crippen LogP contribution in [0, 0.1) is 5.92 Å². The molecule has 5 heteroatoms. The molecule has 1 atom stereocenters. The van der Waals surface area contributed by atoms with Gasteiger partial charge in [-0.25, -0.2) is 0 Å². The Balaban J connectivity index is 1.84. The maximum absolute atomic E-state index is 13.1. The first-order valence-electron chi connectivity index (χ1n) is 9.90. The summed E-state index contributed by atoms with van der Waals surface area (Å²) in [5, 5.41) is 0. The minimum Gasteiger partial charge on any atom is -0.496 e. The quantitative estimate of drug-likeness (QED) is 0.584. The van der Waals surface area contributed by atoms with Crippen LogP contribution < -0.4 is 14.2 Å². The molecule has 0 radical (unpaired) electrons. The fourth-order valence-corrected chi connectivity index (χ4v) is 3.48. The van der Waals surface area contributed by atoms with Gasteiger partial charge in [0.25, 0.3) is 0 Å². The van der Waals surface area contributed by atoms with Crippen molar-refractivity contribution in [3.05, 3.63) is 59.7 Å². The minimum absolute atomic E-state index is 0.00917.